The first kappa shape index (κ1) is 17.3. The Hall–Kier alpha value is -2.04. The second-order valence-electron chi connectivity index (χ2n) is 6.43. The molecule has 1 aromatic carbocycles. The molecule has 5 nitrogen and oxygen atoms in total. The van der Waals surface area contributed by atoms with Gasteiger partial charge in [-0.3, -0.25) is 9.59 Å². The van der Waals surface area contributed by atoms with Crippen LogP contribution in [0.5, 0.6) is 5.75 Å². The van der Waals surface area contributed by atoms with E-state index in [1.165, 1.54) is 0 Å². The van der Waals surface area contributed by atoms with Crippen molar-refractivity contribution in [2.24, 2.45) is 5.92 Å². The number of rotatable bonds is 5. The van der Waals surface area contributed by atoms with Crippen molar-refractivity contribution >= 4 is 11.8 Å². The average Bonchev–Trinajstić information content (AvgIpc) is 2.53. The second-order valence-corrected chi connectivity index (χ2v) is 6.43. The highest BCUT2D eigenvalue weighted by molar-refractivity contribution is 5.79. The Morgan fingerprint density at radius 1 is 1.30 bits per heavy atom. The zero-order chi connectivity index (χ0) is 16.8. The fourth-order valence-electron chi connectivity index (χ4n) is 2.73. The van der Waals surface area contributed by atoms with Crippen molar-refractivity contribution in [2.45, 2.75) is 39.7 Å². The van der Waals surface area contributed by atoms with E-state index in [1.54, 1.807) is 0 Å². The predicted octanol–water partition coefficient (Wildman–Crippen LogP) is 2.14. The van der Waals surface area contributed by atoms with Crippen molar-refractivity contribution in [2.75, 3.05) is 19.7 Å². The first-order chi connectivity index (χ1) is 11.0. The van der Waals surface area contributed by atoms with Crippen LogP contribution in [0.25, 0.3) is 0 Å². The van der Waals surface area contributed by atoms with E-state index in [9.17, 15) is 9.59 Å². The fourth-order valence-corrected chi connectivity index (χ4v) is 2.73. The number of amides is 2. The van der Waals surface area contributed by atoms with E-state index < -0.39 is 0 Å². The molecule has 126 valence electrons. The Bertz CT molecular complexity index is 549. The standard InChI is InChI=1S/C18H26N2O3/c1-13(2)18(22)20-9-7-15(8-10-20)19-17(21)12-23-16-6-4-5-14(3)11-16/h4-6,11,13,15H,7-10,12H2,1-3H3,(H,19,21). The quantitative estimate of drug-likeness (QED) is 0.905. The minimum atomic E-state index is -0.111. The lowest BCUT2D eigenvalue weighted by atomic mass is 10.0. The van der Waals surface area contributed by atoms with Gasteiger partial charge in [-0.05, 0) is 37.5 Å². The number of nitrogens with one attached hydrogen (secondary N) is 1. The van der Waals surface area contributed by atoms with Crippen molar-refractivity contribution in [1.82, 2.24) is 10.2 Å². The molecule has 1 N–H and O–H groups in total. The van der Waals surface area contributed by atoms with Crippen LogP contribution in [-0.4, -0.2) is 42.5 Å². The lowest BCUT2D eigenvalue weighted by Gasteiger charge is -2.33. The van der Waals surface area contributed by atoms with Crippen LogP contribution in [0.4, 0.5) is 0 Å². The molecule has 0 radical (unpaired) electrons. The molecule has 1 aliphatic heterocycles. The number of likely N-dealkylation sites (tertiary alicyclic amines) is 1. The van der Waals surface area contributed by atoms with Crippen LogP contribution >= 0.6 is 0 Å². The highest BCUT2D eigenvalue weighted by atomic mass is 16.5. The van der Waals surface area contributed by atoms with E-state index in [2.05, 4.69) is 5.32 Å². The number of carbonyl (C=O) groups excluding carboxylic acids is 2. The minimum absolute atomic E-state index is 0.0224. The summed E-state index contributed by atoms with van der Waals surface area (Å²) in [6.45, 7) is 7.26. The first-order valence-corrected chi connectivity index (χ1v) is 8.23. The van der Waals surface area contributed by atoms with Gasteiger partial charge >= 0.3 is 0 Å². The van der Waals surface area contributed by atoms with Gasteiger partial charge in [0, 0.05) is 25.0 Å². The average molecular weight is 318 g/mol. The molecule has 0 spiro atoms. The number of ether oxygens (including phenoxy) is 1. The summed E-state index contributed by atoms with van der Waals surface area (Å²) in [7, 11) is 0. The molecule has 23 heavy (non-hydrogen) atoms. The zero-order valence-electron chi connectivity index (χ0n) is 14.2. The summed E-state index contributed by atoms with van der Waals surface area (Å²) < 4.78 is 5.50. The molecule has 1 aliphatic rings. The molecule has 2 rings (SSSR count). The van der Waals surface area contributed by atoms with Gasteiger partial charge in [0.05, 0.1) is 0 Å². The monoisotopic (exact) mass is 318 g/mol. The maximum atomic E-state index is 12.0. The summed E-state index contributed by atoms with van der Waals surface area (Å²) in [5.41, 5.74) is 1.10. The highest BCUT2D eigenvalue weighted by Gasteiger charge is 2.25. The number of piperidine rings is 1. The van der Waals surface area contributed by atoms with Crippen LogP contribution in [0.3, 0.4) is 0 Å². The van der Waals surface area contributed by atoms with Gasteiger partial charge < -0.3 is 15.0 Å². The number of carbonyl (C=O) groups is 2. The Morgan fingerprint density at radius 3 is 2.61 bits per heavy atom. The van der Waals surface area contributed by atoms with Crippen LogP contribution in [-0.2, 0) is 9.59 Å². The molecule has 1 heterocycles. The van der Waals surface area contributed by atoms with Crippen molar-refractivity contribution in [3.63, 3.8) is 0 Å². The van der Waals surface area contributed by atoms with Gasteiger partial charge in [0.25, 0.3) is 5.91 Å². The normalized spacial score (nSPS) is 15.6. The van der Waals surface area contributed by atoms with Gasteiger partial charge in [0.2, 0.25) is 5.91 Å². The number of nitrogens with zero attached hydrogens (tertiary/aromatic N) is 1. The topological polar surface area (TPSA) is 58.6 Å². The van der Waals surface area contributed by atoms with E-state index >= 15 is 0 Å². The molecule has 1 saturated heterocycles. The summed E-state index contributed by atoms with van der Waals surface area (Å²) in [5, 5.41) is 2.99. The summed E-state index contributed by atoms with van der Waals surface area (Å²) >= 11 is 0. The van der Waals surface area contributed by atoms with E-state index in [1.807, 2.05) is 49.9 Å². The number of benzene rings is 1. The maximum absolute atomic E-state index is 12.0. The van der Waals surface area contributed by atoms with Crippen molar-refractivity contribution < 1.29 is 14.3 Å². The van der Waals surface area contributed by atoms with E-state index in [0.29, 0.717) is 18.8 Å². The molecular formula is C18H26N2O3. The lowest BCUT2D eigenvalue weighted by molar-refractivity contribution is -0.135. The molecule has 1 aromatic rings. The largest absolute Gasteiger partial charge is 0.484 e. The van der Waals surface area contributed by atoms with Crippen molar-refractivity contribution in [1.29, 1.82) is 0 Å². The van der Waals surface area contributed by atoms with Gasteiger partial charge in [-0.1, -0.05) is 26.0 Å². The van der Waals surface area contributed by atoms with Crippen LogP contribution < -0.4 is 10.1 Å². The van der Waals surface area contributed by atoms with Crippen molar-refractivity contribution in [3.8, 4) is 5.75 Å². The second kappa shape index (κ2) is 7.99. The molecule has 0 unspecified atom stereocenters. The van der Waals surface area contributed by atoms with Gasteiger partial charge in [0.15, 0.2) is 6.61 Å². The summed E-state index contributed by atoms with van der Waals surface area (Å²) in [5.74, 6) is 0.819. The Kier molecular flexibility index (Phi) is 6.02. The summed E-state index contributed by atoms with van der Waals surface area (Å²) in [6.07, 6.45) is 1.60. The van der Waals surface area contributed by atoms with Crippen molar-refractivity contribution in [3.05, 3.63) is 29.8 Å². The van der Waals surface area contributed by atoms with Crippen LogP contribution in [0, 0.1) is 12.8 Å². The molecule has 0 aliphatic carbocycles. The zero-order valence-corrected chi connectivity index (χ0v) is 14.2. The SMILES string of the molecule is Cc1cccc(OCC(=O)NC2CCN(C(=O)C(C)C)CC2)c1. The third kappa shape index (κ3) is 5.27. The smallest absolute Gasteiger partial charge is 0.258 e. The van der Waals surface area contributed by atoms with Crippen LogP contribution in [0.1, 0.15) is 32.3 Å². The Balaban J connectivity index is 1.71. The molecule has 0 atom stereocenters. The Labute approximate surface area is 138 Å². The van der Waals surface area contributed by atoms with E-state index in [-0.39, 0.29) is 30.4 Å². The third-order valence-electron chi connectivity index (χ3n) is 4.03. The van der Waals surface area contributed by atoms with Crippen LogP contribution in [0.2, 0.25) is 0 Å². The number of hydrogen-bond acceptors (Lipinski definition) is 3. The first-order valence-electron chi connectivity index (χ1n) is 8.23. The fraction of sp³-hybridized carbons (Fsp3) is 0.556. The van der Waals surface area contributed by atoms with E-state index in [4.69, 9.17) is 4.74 Å². The molecule has 0 aromatic heterocycles. The molecule has 0 bridgehead atoms. The highest BCUT2D eigenvalue weighted by Crippen LogP contribution is 2.14. The third-order valence-corrected chi connectivity index (χ3v) is 4.03. The lowest BCUT2D eigenvalue weighted by Crippen LogP contribution is -2.48. The van der Waals surface area contributed by atoms with Crippen LogP contribution in [0.15, 0.2) is 24.3 Å². The molecular weight excluding hydrogens is 292 g/mol. The van der Waals surface area contributed by atoms with Gasteiger partial charge in [-0.25, -0.2) is 0 Å². The minimum Gasteiger partial charge on any atom is -0.484 e. The van der Waals surface area contributed by atoms with E-state index in [0.717, 1.165) is 18.4 Å². The van der Waals surface area contributed by atoms with Gasteiger partial charge in [0.1, 0.15) is 5.75 Å². The molecule has 2 amide bonds. The molecule has 1 fully saturated rings. The van der Waals surface area contributed by atoms with Gasteiger partial charge in [-0.15, -0.1) is 0 Å². The summed E-state index contributed by atoms with van der Waals surface area (Å²) in [4.78, 5) is 25.8. The predicted molar refractivity (Wildman–Crippen MR) is 89.3 cm³/mol. The maximum Gasteiger partial charge on any atom is 0.258 e. The molecule has 0 saturated carbocycles. The summed E-state index contributed by atoms with van der Waals surface area (Å²) in [6, 6.07) is 7.77. The number of hydrogen-bond donors (Lipinski definition) is 1. The number of aryl methyl sites for hydroxylation is 1. The Morgan fingerprint density at radius 2 is 2.00 bits per heavy atom. The van der Waals surface area contributed by atoms with Gasteiger partial charge in [-0.2, -0.15) is 0 Å². The molecule has 5 heteroatoms.